The van der Waals surface area contributed by atoms with Crippen molar-refractivity contribution in [2.45, 2.75) is 74.8 Å². The third-order valence-electron chi connectivity index (χ3n) is 12.9. The summed E-state index contributed by atoms with van der Waals surface area (Å²) in [7, 11) is 0. The molecule has 0 heterocycles. The largest absolute Gasteiger partial charge is 0.241 e. The minimum Gasteiger partial charge on any atom is -0.241 e. The zero-order valence-electron chi connectivity index (χ0n) is 13.6. The topological polar surface area (TPSA) is 0 Å². The highest BCUT2D eigenvalue weighted by atomic mass is 35.5. The summed E-state index contributed by atoms with van der Waals surface area (Å²) >= 11 is 7.50. The third kappa shape index (κ3) is 0.528. The zero-order valence-corrected chi connectivity index (χ0v) is 14.4. The Bertz CT molecular complexity index is 772. The van der Waals surface area contributed by atoms with Gasteiger partial charge in [0.25, 0.3) is 0 Å². The summed E-state index contributed by atoms with van der Waals surface area (Å²) in [5, 5.41) is 0. The van der Waals surface area contributed by atoms with Gasteiger partial charge in [-0.2, -0.15) is 0 Å². The number of halogens is 2. The van der Waals surface area contributed by atoms with Crippen molar-refractivity contribution < 1.29 is 4.39 Å². The van der Waals surface area contributed by atoms with Crippen molar-refractivity contribution in [3.05, 3.63) is 0 Å². The summed E-state index contributed by atoms with van der Waals surface area (Å²) in [5.74, 6) is 3.02. The highest BCUT2D eigenvalue weighted by molar-refractivity contribution is 6.26. The molecular formula is C21H24ClF. The SMILES string of the molecule is FC12C3(Cl)CCCC14CC15CCCC12C1C5C25CCCC12C3C45. The van der Waals surface area contributed by atoms with E-state index in [1.54, 1.807) is 0 Å². The van der Waals surface area contributed by atoms with Crippen LogP contribution in [0.15, 0.2) is 0 Å². The van der Waals surface area contributed by atoms with Gasteiger partial charge in [0.15, 0.2) is 0 Å². The molecule has 23 heavy (non-hydrogen) atoms. The van der Waals surface area contributed by atoms with Crippen LogP contribution in [0.4, 0.5) is 4.39 Å². The molecule has 9 fully saturated rings. The van der Waals surface area contributed by atoms with Crippen LogP contribution < -0.4 is 0 Å². The van der Waals surface area contributed by atoms with E-state index in [2.05, 4.69) is 0 Å². The molecule has 0 radical (unpaired) electrons. The average Bonchev–Trinajstić information content (AvgIpc) is 2.87. The Morgan fingerprint density at radius 3 is 2.22 bits per heavy atom. The van der Waals surface area contributed by atoms with Gasteiger partial charge in [-0.3, -0.25) is 0 Å². The Kier molecular flexibility index (Phi) is 1.24. The molecule has 0 aromatic rings. The number of hydrogen-bond donors (Lipinski definition) is 0. The minimum atomic E-state index is -0.973. The molecule has 0 saturated heterocycles. The molecule has 11 unspecified atom stereocenters. The molecule has 0 aromatic carbocycles. The second kappa shape index (κ2) is 2.43. The van der Waals surface area contributed by atoms with Crippen LogP contribution in [0, 0.1) is 50.7 Å². The lowest BCUT2D eigenvalue weighted by atomic mass is 9.07. The monoisotopic (exact) mass is 330 g/mol. The van der Waals surface area contributed by atoms with Crippen LogP contribution in [0.25, 0.3) is 0 Å². The molecule has 9 rings (SSSR count). The van der Waals surface area contributed by atoms with Gasteiger partial charge in [-0.25, -0.2) is 4.39 Å². The van der Waals surface area contributed by atoms with Crippen LogP contribution in [0.1, 0.15) is 64.2 Å². The van der Waals surface area contributed by atoms with E-state index in [-0.39, 0.29) is 10.8 Å². The van der Waals surface area contributed by atoms with E-state index in [0.717, 1.165) is 18.3 Å². The molecule has 122 valence electrons. The smallest absolute Gasteiger partial charge is 0.142 e. The molecule has 9 aliphatic carbocycles. The van der Waals surface area contributed by atoms with Crippen molar-refractivity contribution in [2.24, 2.45) is 50.7 Å². The molecule has 0 aliphatic heterocycles. The van der Waals surface area contributed by atoms with Gasteiger partial charge in [0.05, 0.1) is 4.87 Å². The molecular weight excluding hydrogens is 307 g/mol. The Balaban J connectivity index is 1.54. The minimum absolute atomic E-state index is 0.0354. The van der Waals surface area contributed by atoms with Crippen molar-refractivity contribution in [1.82, 2.24) is 0 Å². The van der Waals surface area contributed by atoms with Crippen molar-refractivity contribution >= 4 is 11.6 Å². The first kappa shape index (κ1) is 11.8. The maximum Gasteiger partial charge on any atom is 0.142 e. The van der Waals surface area contributed by atoms with E-state index in [9.17, 15) is 0 Å². The van der Waals surface area contributed by atoms with Crippen LogP contribution in [-0.2, 0) is 0 Å². The second-order valence-electron chi connectivity index (χ2n) is 11.5. The molecule has 0 aromatic heterocycles. The van der Waals surface area contributed by atoms with E-state index in [4.69, 9.17) is 11.6 Å². The Morgan fingerprint density at radius 2 is 1.35 bits per heavy atom. The van der Waals surface area contributed by atoms with Gasteiger partial charge < -0.3 is 0 Å². The van der Waals surface area contributed by atoms with Gasteiger partial charge >= 0.3 is 0 Å². The summed E-state index contributed by atoms with van der Waals surface area (Å²) in [6, 6.07) is 0. The molecule has 0 amide bonds. The number of rotatable bonds is 0. The molecule has 9 saturated carbocycles. The lowest BCUT2D eigenvalue weighted by Crippen LogP contribution is -2.96. The second-order valence-corrected chi connectivity index (χ2v) is 12.2. The van der Waals surface area contributed by atoms with Crippen molar-refractivity contribution in [3.63, 3.8) is 0 Å². The van der Waals surface area contributed by atoms with Gasteiger partial charge in [0.2, 0.25) is 0 Å². The van der Waals surface area contributed by atoms with Gasteiger partial charge in [-0.05, 0) is 84.9 Å². The molecule has 9 aliphatic rings. The molecule has 2 spiro atoms. The fourth-order valence-electron chi connectivity index (χ4n) is 14.2. The summed E-state index contributed by atoms with van der Waals surface area (Å²) in [5.41, 5.74) is 0.685. The highest BCUT2D eigenvalue weighted by Crippen LogP contribution is 3.15. The van der Waals surface area contributed by atoms with Crippen LogP contribution in [0.5, 0.6) is 0 Å². The van der Waals surface area contributed by atoms with Crippen molar-refractivity contribution in [2.75, 3.05) is 0 Å². The van der Waals surface area contributed by atoms with Crippen LogP contribution in [0.3, 0.4) is 0 Å². The highest BCUT2D eigenvalue weighted by Gasteiger charge is 3.15. The molecule has 0 nitrogen and oxygen atoms in total. The Labute approximate surface area is 141 Å². The average molecular weight is 331 g/mol. The predicted octanol–water partition coefficient (Wildman–Crippen LogP) is 5.09. The summed E-state index contributed by atoms with van der Waals surface area (Å²) in [4.78, 5) is -0.447. The summed E-state index contributed by atoms with van der Waals surface area (Å²) < 4.78 is 17.6. The predicted molar refractivity (Wildman–Crippen MR) is 84.7 cm³/mol. The first-order valence-electron chi connectivity index (χ1n) is 10.4. The van der Waals surface area contributed by atoms with E-state index in [1.807, 2.05) is 0 Å². The molecule has 2 heteroatoms. The normalized spacial score (nSPS) is 87.9. The molecule has 11 atom stereocenters. The maximum absolute atomic E-state index is 17.6. The third-order valence-corrected chi connectivity index (χ3v) is 13.6. The fraction of sp³-hybridized carbons (Fsp3) is 1.00. The number of alkyl halides is 2. The van der Waals surface area contributed by atoms with Gasteiger partial charge in [0, 0.05) is 10.8 Å². The van der Waals surface area contributed by atoms with Crippen LogP contribution >= 0.6 is 11.6 Å². The van der Waals surface area contributed by atoms with Gasteiger partial charge in [0.1, 0.15) is 5.67 Å². The zero-order chi connectivity index (χ0) is 14.9. The summed E-state index contributed by atoms with van der Waals surface area (Å²) in [6.07, 6.45) is 12.9. The van der Waals surface area contributed by atoms with Crippen LogP contribution in [0.2, 0.25) is 0 Å². The quantitative estimate of drug-likeness (QED) is 0.542. The lowest BCUT2D eigenvalue weighted by Gasteiger charge is -2.97. The van der Waals surface area contributed by atoms with Crippen molar-refractivity contribution in [3.8, 4) is 0 Å². The molecule has 4 bridgehead atoms. The summed E-state index contributed by atoms with van der Waals surface area (Å²) in [6.45, 7) is 0. The molecule has 0 N–H and O–H groups in total. The first-order chi connectivity index (χ1) is 11.1. The lowest BCUT2D eigenvalue weighted by molar-refractivity contribution is -0.503. The maximum atomic E-state index is 17.6. The van der Waals surface area contributed by atoms with E-state index in [1.165, 1.54) is 57.8 Å². The van der Waals surface area contributed by atoms with Gasteiger partial charge in [-0.1, -0.05) is 19.3 Å². The van der Waals surface area contributed by atoms with E-state index >= 15 is 4.39 Å². The fourth-order valence-corrected chi connectivity index (χ4v) is 15.0. The van der Waals surface area contributed by atoms with E-state index < -0.39 is 10.5 Å². The number of hydrogen-bond acceptors (Lipinski definition) is 0. The standard InChI is InChI=1S/C21H24ClF/c22-20-9-2-5-16-10-15-4-1-8-19(15,21(16,20)23)13-11(15)17-6-3-7-18(13,17)14(20)12(16)17/h11-14H,1-10H2. The Morgan fingerprint density at radius 1 is 0.696 bits per heavy atom. The van der Waals surface area contributed by atoms with Gasteiger partial charge in [-0.15, -0.1) is 11.6 Å². The van der Waals surface area contributed by atoms with Crippen molar-refractivity contribution in [1.29, 1.82) is 0 Å². The Hall–Kier alpha value is 0.220. The van der Waals surface area contributed by atoms with Crippen LogP contribution in [-0.4, -0.2) is 10.5 Å². The van der Waals surface area contributed by atoms with E-state index in [0.29, 0.717) is 28.1 Å². The first-order valence-corrected chi connectivity index (χ1v) is 10.8.